The molecule has 8 atom stereocenters. The van der Waals surface area contributed by atoms with Crippen LogP contribution in [-0.4, -0.2) is 82.2 Å². The van der Waals surface area contributed by atoms with E-state index in [9.17, 15) is 24.9 Å². The highest BCUT2D eigenvalue weighted by Gasteiger charge is 2.48. The molecule has 0 saturated carbocycles. The maximum absolute atomic E-state index is 12.1. The summed E-state index contributed by atoms with van der Waals surface area (Å²) in [6, 6.07) is 0. The first-order chi connectivity index (χ1) is 16.6. The van der Waals surface area contributed by atoms with Crippen molar-refractivity contribution in [2.75, 3.05) is 13.2 Å². The third-order valence-corrected chi connectivity index (χ3v) is 7.09. The van der Waals surface area contributed by atoms with E-state index in [1.807, 2.05) is 6.92 Å². The van der Waals surface area contributed by atoms with Gasteiger partial charge in [-0.15, -0.1) is 0 Å². The highest BCUT2D eigenvalue weighted by Crippen LogP contribution is 2.38. The van der Waals surface area contributed by atoms with Crippen molar-refractivity contribution in [2.24, 2.45) is 11.8 Å². The van der Waals surface area contributed by atoms with Crippen LogP contribution in [0.2, 0.25) is 0 Å². The quantitative estimate of drug-likeness (QED) is 0.109. The molecule has 2 saturated heterocycles. The van der Waals surface area contributed by atoms with Gasteiger partial charge in [0.2, 0.25) is 0 Å². The Kier molecular flexibility index (Phi) is 12.6. The lowest BCUT2D eigenvalue weighted by atomic mass is 9.85. The lowest BCUT2D eigenvalue weighted by Crippen LogP contribution is -2.50. The highest BCUT2D eigenvalue weighted by molar-refractivity contribution is 5.82. The zero-order valence-corrected chi connectivity index (χ0v) is 21.3. The van der Waals surface area contributed by atoms with Crippen LogP contribution >= 0.6 is 0 Å². The van der Waals surface area contributed by atoms with Crippen LogP contribution in [0.1, 0.15) is 78.6 Å². The lowest BCUT2D eigenvalue weighted by Gasteiger charge is -2.38. The second-order valence-electron chi connectivity index (χ2n) is 10.2. The molecular formula is C26H44O9. The van der Waals surface area contributed by atoms with Crippen LogP contribution in [-0.2, 0) is 23.8 Å². The van der Waals surface area contributed by atoms with Gasteiger partial charge < -0.3 is 34.6 Å². The normalized spacial score (nSPS) is 30.5. The number of hydrogen-bond donors (Lipinski definition) is 4. The average molecular weight is 501 g/mol. The fourth-order valence-corrected chi connectivity index (χ4v) is 4.59. The van der Waals surface area contributed by atoms with Gasteiger partial charge in [0.1, 0.15) is 6.10 Å². The van der Waals surface area contributed by atoms with Crippen molar-refractivity contribution in [2.45, 2.75) is 115 Å². The van der Waals surface area contributed by atoms with Gasteiger partial charge in [-0.2, -0.15) is 0 Å². The van der Waals surface area contributed by atoms with E-state index in [1.54, 1.807) is 13.8 Å². The molecule has 35 heavy (non-hydrogen) atoms. The monoisotopic (exact) mass is 500 g/mol. The van der Waals surface area contributed by atoms with Gasteiger partial charge in [0.05, 0.1) is 43.7 Å². The second kappa shape index (κ2) is 14.9. The van der Waals surface area contributed by atoms with Gasteiger partial charge in [-0.1, -0.05) is 38.2 Å². The summed E-state index contributed by atoms with van der Waals surface area (Å²) in [6.45, 7) is 6.07. The van der Waals surface area contributed by atoms with Crippen molar-refractivity contribution < 1.29 is 44.2 Å². The number of aliphatic hydroxyl groups excluding tert-OH is 3. The fraction of sp³-hybridized carbons (Fsp3) is 0.846. The first-order valence-corrected chi connectivity index (χ1v) is 13.0. The third kappa shape index (κ3) is 10.6. The maximum atomic E-state index is 12.1. The molecule has 9 nitrogen and oxygen atoms in total. The van der Waals surface area contributed by atoms with Gasteiger partial charge in [0, 0.05) is 24.3 Å². The minimum Gasteiger partial charge on any atom is -0.481 e. The lowest BCUT2D eigenvalue weighted by molar-refractivity contribution is -0.165. The van der Waals surface area contributed by atoms with Gasteiger partial charge >= 0.3 is 11.9 Å². The molecule has 2 rings (SSSR count). The Balaban J connectivity index is 1.62. The van der Waals surface area contributed by atoms with Crippen LogP contribution in [0, 0.1) is 11.8 Å². The Hall–Kier alpha value is -1.52. The van der Waals surface area contributed by atoms with Crippen LogP contribution in [0.4, 0.5) is 0 Å². The van der Waals surface area contributed by atoms with Crippen LogP contribution < -0.4 is 0 Å². The topological polar surface area (TPSA) is 146 Å². The standard InChI is InChI=1S/C26H44O9/c1-16(13-23(30)33-11-9-7-5-4-6-8-10-22(28)29)12-20-25(32)24(31)19(15-34-20)14-21-26(35-21)17(2)18(3)27/h13,17-21,24-27,31-32H,4-12,14-15H2,1-3H3,(H,28,29)/t17?,18?,19-,20?,21?,24?,25?,26-/m0/s1. The van der Waals surface area contributed by atoms with E-state index in [2.05, 4.69) is 0 Å². The molecule has 0 aromatic rings. The number of carboxylic acid groups (broad SMARTS) is 1. The SMILES string of the molecule is CC(=CC(=O)OCCCCCCCCC(=O)O)CC1OC[C@H](CC2O[C@H]2C(C)C(C)O)C(O)C1O. The summed E-state index contributed by atoms with van der Waals surface area (Å²) in [6.07, 6.45) is 4.61. The Morgan fingerprint density at radius 2 is 1.69 bits per heavy atom. The van der Waals surface area contributed by atoms with Gasteiger partial charge in [-0.05, 0) is 39.5 Å². The van der Waals surface area contributed by atoms with Crippen molar-refractivity contribution in [3.63, 3.8) is 0 Å². The smallest absolute Gasteiger partial charge is 0.330 e. The highest BCUT2D eigenvalue weighted by atomic mass is 16.6. The summed E-state index contributed by atoms with van der Waals surface area (Å²) >= 11 is 0. The van der Waals surface area contributed by atoms with E-state index >= 15 is 0 Å². The molecule has 4 N–H and O–H groups in total. The molecule has 0 bridgehead atoms. The van der Waals surface area contributed by atoms with Crippen molar-refractivity contribution in [1.82, 2.24) is 0 Å². The van der Waals surface area contributed by atoms with E-state index in [1.165, 1.54) is 6.08 Å². The van der Waals surface area contributed by atoms with Gasteiger partial charge in [0.15, 0.2) is 0 Å². The first-order valence-electron chi connectivity index (χ1n) is 13.0. The number of aliphatic hydroxyl groups is 3. The molecule has 0 radical (unpaired) electrons. The number of rotatable bonds is 16. The maximum Gasteiger partial charge on any atom is 0.330 e. The second-order valence-corrected chi connectivity index (χ2v) is 10.2. The van der Waals surface area contributed by atoms with Gasteiger partial charge in [-0.3, -0.25) is 4.79 Å². The van der Waals surface area contributed by atoms with E-state index in [-0.39, 0.29) is 30.5 Å². The molecule has 0 aromatic carbocycles. The zero-order valence-electron chi connectivity index (χ0n) is 21.3. The number of carbonyl (C=O) groups excluding carboxylic acids is 1. The molecule has 0 amide bonds. The van der Waals surface area contributed by atoms with E-state index < -0.39 is 36.4 Å². The van der Waals surface area contributed by atoms with Crippen molar-refractivity contribution in [1.29, 1.82) is 0 Å². The van der Waals surface area contributed by atoms with Gasteiger partial charge in [0.25, 0.3) is 0 Å². The zero-order chi connectivity index (χ0) is 26.0. The Morgan fingerprint density at radius 1 is 1.03 bits per heavy atom. The molecule has 2 aliphatic heterocycles. The van der Waals surface area contributed by atoms with Crippen molar-refractivity contribution >= 4 is 11.9 Å². The molecule has 2 fully saturated rings. The van der Waals surface area contributed by atoms with E-state index in [0.29, 0.717) is 38.0 Å². The summed E-state index contributed by atoms with van der Waals surface area (Å²) in [5.74, 6) is -1.42. The predicted molar refractivity (Wildman–Crippen MR) is 129 cm³/mol. The molecule has 2 heterocycles. The summed E-state index contributed by atoms with van der Waals surface area (Å²) in [5.41, 5.74) is 0.708. The number of carboxylic acids is 1. The number of esters is 1. The fourth-order valence-electron chi connectivity index (χ4n) is 4.59. The third-order valence-electron chi connectivity index (χ3n) is 7.09. The van der Waals surface area contributed by atoms with Crippen LogP contribution in [0.3, 0.4) is 0 Å². The largest absolute Gasteiger partial charge is 0.481 e. The first kappa shape index (κ1) is 29.7. The molecule has 0 aliphatic carbocycles. The van der Waals surface area contributed by atoms with Crippen molar-refractivity contribution in [3.8, 4) is 0 Å². The van der Waals surface area contributed by atoms with E-state index in [0.717, 1.165) is 32.1 Å². The minimum absolute atomic E-state index is 0.0160. The average Bonchev–Trinajstić information content (AvgIpc) is 3.55. The number of ether oxygens (including phenoxy) is 3. The molecule has 9 heteroatoms. The molecule has 0 aromatic heterocycles. The van der Waals surface area contributed by atoms with Crippen molar-refractivity contribution in [3.05, 3.63) is 11.6 Å². The number of epoxide rings is 1. The molecule has 202 valence electrons. The summed E-state index contributed by atoms with van der Waals surface area (Å²) < 4.78 is 16.7. The number of aliphatic carboxylic acids is 1. The Labute approximate surface area is 208 Å². The number of hydrogen-bond acceptors (Lipinski definition) is 8. The summed E-state index contributed by atoms with van der Waals surface area (Å²) in [7, 11) is 0. The molecule has 6 unspecified atom stereocenters. The summed E-state index contributed by atoms with van der Waals surface area (Å²) in [5, 5.41) is 39.5. The summed E-state index contributed by atoms with van der Waals surface area (Å²) in [4.78, 5) is 22.5. The number of carbonyl (C=O) groups is 2. The predicted octanol–water partition coefficient (Wildman–Crippen LogP) is 2.59. The molecule has 0 spiro atoms. The van der Waals surface area contributed by atoms with Gasteiger partial charge in [-0.25, -0.2) is 4.79 Å². The molecular weight excluding hydrogens is 456 g/mol. The molecule has 2 aliphatic rings. The van der Waals surface area contributed by atoms with E-state index in [4.69, 9.17) is 19.3 Å². The Bertz CT molecular complexity index is 692. The Morgan fingerprint density at radius 3 is 2.34 bits per heavy atom. The minimum atomic E-state index is -1.06. The van der Waals surface area contributed by atoms with Crippen LogP contribution in [0.25, 0.3) is 0 Å². The van der Waals surface area contributed by atoms with Crippen LogP contribution in [0.5, 0.6) is 0 Å². The number of unbranched alkanes of at least 4 members (excludes halogenated alkanes) is 5. The van der Waals surface area contributed by atoms with Crippen LogP contribution in [0.15, 0.2) is 11.6 Å².